The van der Waals surface area contributed by atoms with E-state index in [0.29, 0.717) is 22.3 Å². The van der Waals surface area contributed by atoms with Gasteiger partial charge in [-0.25, -0.2) is 4.98 Å². The number of carbonyl (C=O) groups is 1. The fraction of sp³-hybridized carbons (Fsp3) is 0.261. The third kappa shape index (κ3) is 5.42. The Morgan fingerprint density at radius 2 is 1.94 bits per heavy atom. The number of alkyl halides is 2. The Balaban J connectivity index is 1.36. The molecule has 4 aromatic rings. The van der Waals surface area contributed by atoms with Crippen LogP contribution in [0.4, 0.5) is 8.78 Å². The van der Waals surface area contributed by atoms with Gasteiger partial charge in [-0.05, 0) is 30.3 Å². The molecule has 0 aliphatic carbocycles. The zero-order chi connectivity index (χ0) is 24.9. The van der Waals surface area contributed by atoms with Gasteiger partial charge in [0.25, 0.3) is 11.4 Å². The van der Waals surface area contributed by atoms with Gasteiger partial charge in [0.15, 0.2) is 18.1 Å². The van der Waals surface area contributed by atoms with E-state index < -0.39 is 12.6 Å². The van der Waals surface area contributed by atoms with Crippen LogP contribution in [0, 0.1) is 0 Å². The number of fused-ring (bicyclic) bond motifs is 1. The number of hydrogen-bond donors (Lipinski definition) is 0. The smallest absolute Gasteiger partial charge is 0.387 e. The highest BCUT2D eigenvalue weighted by Crippen LogP contribution is 2.32. The molecule has 0 saturated heterocycles. The van der Waals surface area contributed by atoms with Gasteiger partial charge in [0.05, 0.1) is 24.4 Å². The van der Waals surface area contributed by atoms with Gasteiger partial charge >= 0.3 is 12.6 Å². The summed E-state index contributed by atoms with van der Waals surface area (Å²) in [5, 5.41) is 4.31. The Bertz CT molecular complexity index is 1420. The highest BCUT2D eigenvalue weighted by atomic mass is 19.3. The first kappa shape index (κ1) is 23.8. The number of halogens is 2. The number of carbonyl (C=O) groups excluding carboxylic acids is 1. The summed E-state index contributed by atoms with van der Waals surface area (Å²) in [7, 11) is 2.91. The molecule has 0 atom stereocenters. The van der Waals surface area contributed by atoms with E-state index in [0.717, 1.165) is 0 Å². The summed E-state index contributed by atoms with van der Waals surface area (Å²) in [6, 6.07) is 11.2. The van der Waals surface area contributed by atoms with Gasteiger partial charge in [0.1, 0.15) is 5.82 Å². The number of hydrogen-bond acceptors (Lipinski definition) is 9. The molecule has 12 heteroatoms. The molecule has 0 N–H and O–H groups in total. The molecule has 0 radical (unpaired) electrons. The van der Waals surface area contributed by atoms with Crippen molar-refractivity contribution in [2.24, 2.45) is 7.05 Å². The summed E-state index contributed by atoms with van der Waals surface area (Å²) in [6.07, 6.45) is 0.194. The SMILES string of the molecule is COc1cc(-c2noc(COC(=O)CCc3nc4ccccc4c(=O)n3C)n2)ccc1OC(F)F. The van der Waals surface area contributed by atoms with Crippen molar-refractivity contribution in [1.82, 2.24) is 19.7 Å². The maximum atomic E-state index is 12.5. The van der Waals surface area contributed by atoms with E-state index in [-0.39, 0.29) is 48.2 Å². The first-order valence-electron chi connectivity index (χ1n) is 10.4. The quantitative estimate of drug-likeness (QED) is 0.328. The van der Waals surface area contributed by atoms with E-state index >= 15 is 0 Å². The number of aromatic nitrogens is 4. The van der Waals surface area contributed by atoms with Gasteiger partial charge < -0.3 is 18.7 Å². The fourth-order valence-electron chi connectivity index (χ4n) is 3.35. The van der Waals surface area contributed by atoms with Crippen LogP contribution in [0.1, 0.15) is 18.1 Å². The number of methoxy groups -OCH3 is 1. The van der Waals surface area contributed by atoms with Crippen molar-refractivity contribution in [2.45, 2.75) is 26.1 Å². The van der Waals surface area contributed by atoms with Crippen LogP contribution in [-0.4, -0.2) is 39.4 Å². The molecule has 182 valence electrons. The van der Waals surface area contributed by atoms with Gasteiger partial charge in [-0.2, -0.15) is 13.8 Å². The Hall–Kier alpha value is -4.35. The second-order valence-electron chi connectivity index (χ2n) is 7.33. The number of esters is 1. The van der Waals surface area contributed by atoms with E-state index in [9.17, 15) is 18.4 Å². The van der Waals surface area contributed by atoms with Crippen LogP contribution in [0.25, 0.3) is 22.3 Å². The predicted octanol–water partition coefficient (Wildman–Crippen LogP) is 3.27. The molecule has 0 bridgehead atoms. The number of aryl methyl sites for hydroxylation is 1. The molecular weight excluding hydrogens is 466 g/mol. The Morgan fingerprint density at radius 1 is 1.14 bits per heavy atom. The molecule has 2 aromatic carbocycles. The van der Waals surface area contributed by atoms with Crippen LogP contribution in [0.5, 0.6) is 11.5 Å². The Kier molecular flexibility index (Phi) is 6.99. The van der Waals surface area contributed by atoms with Gasteiger partial charge in [-0.15, -0.1) is 0 Å². The Morgan fingerprint density at radius 3 is 2.71 bits per heavy atom. The molecule has 2 aromatic heterocycles. The first-order valence-corrected chi connectivity index (χ1v) is 10.4. The van der Waals surface area contributed by atoms with Crippen LogP contribution < -0.4 is 15.0 Å². The summed E-state index contributed by atoms with van der Waals surface area (Å²) in [5.41, 5.74) is 0.790. The lowest BCUT2D eigenvalue weighted by Crippen LogP contribution is -2.23. The maximum Gasteiger partial charge on any atom is 0.387 e. The lowest BCUT2D eigenvalue weighted by Gasteiger charge is -2.10. The predicted molar refractivity (Wildman–Crippen MR) is 118 cm³/mol. The van der Waals surface area contributed by atoms with Crippen molar-refractivity contribution in [3.63, 3.8) is 0 Å². The Labute approximate surface area is 197 Å². The summed E-state index contributed by atoms with van der Waals surface area (Å²) in [6.45, 7) is -3.26. The minimum atomic E-state index is -3.00. The largest absolute Gasteiger partial charge is 0.493 e. The van der Waals surface area contributed by atoms with Gasteiger partial charge in [-0.3, -0.25) is 14.2 Å². The van der Waals surface area contributed by atoms with Gasteiger partial charge in [0, 0.05) is 19.0 Å². The lowest BCUT2D eigenvalue weighted by atomic mass is 10.2. The fourth-order valence-corrected chi connectivity index (χ4v) is 3.35. The van der Waals surface area contributed by atoms with E-state index in [1.807, 2.05) is 0 Å². The summed E-state index contributed by atoms with van der Waals surface area (Å²) >= 11 is 0. The highest BCUT2D eigenvalue weighted by molar-refractivity contribution is 5.77. The first-order chi connectivity index (χ1) is 16.9. The van der Waals surface area contributed by atoms with Crippen LogP contribution >= 0.6 is 0 Å². The zero-order valence-electron chi connectivity index (χ0n) is 18.7. The molecule has 2 heterocycles. The molecule has 4 rings (SSSR count). The third-order valence-corrected chi connectivity index (χ3v) is 5.09. The zero-order valence-corrected chi connectivity index (χ0v) is 18.7. The molecular formula is C23H20F2N4O6. The average molecular weight is 486 g/mol. The molecule has 0 unspecified atom stereocenters. The molecule has 0 saturated carbocycles. The third-order valence-electron chi connectivity index (χ3n) is 5.09. The maximum absolute atomic E-state index is 12.5. The second-order valence-corrected chi connectivity index (χ2v) is 7.33. The number of benzene rings is 2. The number of rotatable bonds is 9. The standard InChI is InChI=1S/C23H20F2N4O6/c1-29-18(26-15-6-4-3-5-14(15)22(29)31)9-10-20(30)33-12-19-27-21(28-35-19)13-7-8-16(34-23(24)25)17(11-13)32-2/h3-8,11,23H,9-10,12H2,1-2H3. The topological polar surface area (TPSA) is 119 Å². The van der Waals surface area contributed by atoms with Crippen molar-refractivity contribution in [1.29, 1.82) is 0 Å². The van der Waals surface area contributed by atoms with Crippen LogP contribution in [0.15, 0.2) is 51.8 Å². The summed E-state index contributed by atoms with van der Waals surface area (Å²) < 4.78 is 46.1. The normalized spacial score (nSPS) is 11.1. The molecule has 10 nitrogen and oxygen atoms in total. The molecule has 0 amide bonds. The van der Waals surface area contributed by atoms with Crippen LogP contribution in [0.3, 0.4) is 0 Å². The van der Waals surface area contributed by atoms with Crippen molar-refractivity contribution >= 4 is 16.9 Å². The van der Waals surface area contributed by atoms with Crippen molar-refractivity contribution < 1.29 is 32.3 Å². The van der Waals surface area contributed by atoms with Gasteiger partial charge in [0.2, 0.25) is 5.82 Å². The molecule has 0 fully saturated rings. The minimum absolute atomic E-state index is 0.0115. The number of para-hydroxylation sites is 1. The second kappa shape index (κ2) is 10.3. The highest BCUT2D eigenvalue weighted by Gasteiger charge is 2.16. The van der Waals surface area contributed by atoms with Gasteiger partial charge in [-0.1, -0.05) is 17.3 Å². The lowest BCUT2D eigenvalue weighted by molar-refractivity contribution is -0.145. The monoisotopic (exact) mass is 486 g/mol. The minimum Gasteiger partial charge on any atom is -0.493 e. The van der Waals surface area contributed by atoms with Crippen molar-refractivity contribution in [3.05, 3.63) is 64.5 Å². The molecule has 35 heavy (non-hydrogen) atoms. The van der Waals surface area contributed by atoms with E-state index in [2.05, 4.69) is 19.9 Å². The van der Waals surface area contributed by atoms with Crippen molar-refractivity contribution in [3.8, 4) is 22.9 Å². The number of ether oxygens (including phenoxy) is 3. The average Bonchev–Trinajstić information content (AvgIpc) is 3.33. The number of nitrogens with zero attached hydrogens (tertiary/aromatic N) is 4. The molecule has 0 aliphatic rings. The van der Waals surface area contributed by atoms with E-state index in [4.69, 9.17) is 14.0 Å². The van der Waals surface area contributed by atoms with Crippen LogP contribution in [-0.2, 0) is 29.6 Å². The summed E-state index contributed by atoms with van der Waals surface area (Å²) in [4.78, 5) is 33.3. The van der Waals surface area contributed by atoms with Crippen molar-refractivity contribution in [2.75, 3.05) is 7.11 Å². The van der Waals surface area contributed by atoms with E-state index in [1.54, 1.807) is 31.3 Å². The van der Waals surface area contributed by atoms with E-state index in [1.165, 1.54) is 29.9 Å². The molecule has 0 spiro atoms. The summed E-state index contributed by atoms with van der Waals surface area (Å²) in [5.74, 6) is 0.0330. The molecule has 0 aliphatic heterocycles. The van der Waals surface area contributed by atoms with Crippen LogP contribution in [0.2, 0.25) is 0 Å².